The van der Waals surface area contributed by atoms with Gasteiger partial charge in [-0.3, -0.25) is 23.0 Å². The first-order valence-corrected chi connectivity index (χ1v) is 13.5. The van der Waals surface area contributed by atoms with Crippen LogP contribution < -0.4 is 15.7 Å². The van der Waals surface area contributed by atoms with Gasteiger partial charge in [0.15, 0.2) is 0 Å². The molecule has 0 unspecified atom stereocenters. The van der Waals surface area contributed by atoms with Gasteiger partial charge >= 0.3 is 18.5 Å². The molecule has 3 aromatic rings. The Kier molecular flexibility index (Phi) is 7.51. The highest BCUT2D eigenvalue weighted by molar-refractivity contribution is 8.24. The van der Waals surface area contributed by atoms with Gasteiger partial charge in [-0.25, -0.2) is 4.79 Å². The lowest BCUT2D eigenvalue weighted by Crippen LogP contribution is -2.50. The third-order valence-electron chi connectivity index (χ3n) is 6.49. The van der Waals surface area contributed by atoms with E-state index in [9.17, 15) is 40.6 Å². The summed E-state index contributed by atoms with van der Waals surface area (Å²) in [6.07, 6.45) is -5.21. The van der Waals surface area contributed by atoms with E-state index < -0.39 is 53.5 Å². The largest absolute Gasteiger partial charge is 0.435 e. The molecule has 1 aliphatic heterocycles. The van der Waals surface area contributed by atoms with Gasteiger partial charge in [-0.1, -0.05) is 6.07 Å². The molecule has 1 saturated heterocycles. The molecule has 3 N–H and O–H groups in total. The predicted octanol–water partition coefficient (Wildman–Crippen LogP) is 5.38. The van der Waals surface area contributed by atoms with E-state index >= 15 is 0 Å². The molecule has 0 atom stereocenters. The molecule has 8 nitrogen and oxygen atoms in total. The van der Waals surface area contributed by atoms with E-state index in [1.165, 1.54) is 36.4 Å². The summed E-state index contributed by atoms with van der Waals surface area (Å²) in [4.78, 5) is 26.3. The predicted molar refractivity (Wildman–Crippen MR) is 133 cm³/mol. The van der Waals surface area contributed by atoms with Crippen LogP contribution in [0.3, 0.4) is 0 Å². The van der Waals surface area contributed by atoms with Crippen molar-refractivity contribution in [3.63, 3.8) is 0 Å². The quantitative estimate of drug-likeness (QED) is 0.335. The fourth-order valence-electron chi connectivity index (χ4n) is 4.38. The number of carbonyl (C=O) groups is 1. The fraction of sp³-hybridized carbons (Fsp3) is 0.417. The number of ether oxygens (including phenoxy) is 1. The minimum atomic E-state index is -4.56. The van der Waals surface area contributed by atoms with Crippen LogP contribution in [0.1, 0.15) is 36.5 Å². The molecule has 1 fully saturated rings. The van der Waals surface area contributed by atoms with E-state index in [2.05, 4.69) is 10.1 Å². The van der Waals surface area contributed by atoms with Crippen LogP contribution in [0.4, 0.5) is 22.0 Å². The van der Waals surface area contributed by atoms with Crippen molar-refractivity contribution in [2.24, 2.45) is 0 Å². The summed E-state index contributed by atoms with van der Waals surface area (Å²) < 4.78 is 90.6. The van der Waals surface area contributed by atoms with Crippen molar-refractivity contribution in [2.45, 2.75) is 51.1 Å². The van der Waals surface area contributed by atoms with Gasteiger partial charge in [-0.2, -0.15) is 32.5 Å². The third kappa shape index (κ3) is 6.30. The van der Waals surface area contributed by atoms with E-state index in [0.717, 1.165) is 15.2 Å². The smallest absolute Gasteiger partial charge is 0.390 e. The number of carbonyl (C=O) groups excluding carboxylic acids is 1. The summed E-state index contributed by atoms with van der Waals surface area (Å²) in [5, 5.41) is 2.86. The Hall–Kier alpha value is -3.10. The van der Waals surface area contributed by atoms with Crippen molar-refractivity contribution in [1.82, 2.24) is 14.5 Å². The number of benzene rings is 2. The van der Waals surface area contributed by atoms with Crippen molar-refractivity contribution in [3.8, 4) is 11.4 Å². The zero-order valence-electron chi connectivity index (χ0n) is 20.2. The van der Waals surface area contributed by atoms with E-state index in [1.54, 1.807) is 6.92 Å². The first-order chi connectivity index (χ1) is 17.7. The Morgan fingerprint density at radius 2 is 1.82 bits per heavy atom. The average molecular weight is 564 g/mol. The van der Waals surface area contributed by atoms with Gasteiger partial charge in [0.1, 0.15) is 5.75 Å². The Labute approximate surface area is 215 Å². The number of rotatable bonds is 7. The van der Waals surface area contributed by atoms with Crippen molar-refractivity contribution in [3.05, 3.63) is 58.5 Å². The Morgan fingerprint density at radius 3 is 2.45 bits per heavy atom. The van der Waals surface area contributed by atoms with Gasteiger partial charge in [0.25, 0.3) is 5.91 Å². The van der Waals surface area contributed by atoms with Crippen molar-refractivity contribution in [1.29, 1.82) is 0 Å². The number of alkyl halides is 5. The zero-order valence-corrected chi connectivity index (χ0v) is 21.0. The molecule has 0 radical (unpaired) electrons. The van der Waals surface area contributed by atoms with Crippen molar-refractivity contribution >= 4 is 27.5 Å². The SMILES string of the molecule is CC1(NC(=O)c2ccc3c(c2)n(CCC(F)(F)F)c(=O)n3-c2cccc(OC(F)F)c2)CCS(O)(O)CC1. The molecule has 0 saturated carbocycles. The average Bonchev–Trinajstić information content (AvgIpc) is 3.09. The standard InChI is InChI=1S/C24H26F5N3O5S/c1-23(8-11-38(35,36)12-9-23)30-20(33)15-5-6-18-19(13-15)31(10-7-24(27,28)29)22(34)32(18)16-3-2-4-17(14-16)37-21(25)26/h2-6,13-14,21,35-36H,7-12H2,1H3,(H,30,33). The summed E-state index contributed by atoms with van der Waals surface area (Å²) in [6.45, 7) is -2.07. The van der Waals surface area contributed by atoms with E-state index in [4.69, 9.17) is 0 Å². The van der Waals surface area contributed by atoms with Crippen LogP contribution in [0.25, 0.3) is 16.7 Å². The lowest BCUT2D eigenvalue weighted by Gasteiger charge is -2.44. The molecule has 1 aromatic heterocycles. The topological polar surface area (TPSA) is 106 Å². The number of nitrogens with one attached hydrogen (secondary N) is 1. The van der Waals surface area contributed by atoms with E-state index in [-0.39, 0.29) is 39.5 Å². The number of hydrogen-bond acceptors (Lipinski definition) is 5. The van der Waals surface area contributed by atoms with Gasteiger partial charge in [0.2, 0.25) is 0 Å². The van der Waals surface area contributed by atoms with Gasteiger partial charge in [-0.15, -0.1) is 0 Å². The molecule has 2 heterocycles. The van der Waals surface area contributed by atoms with Crippen LogP contribution in [0.15, 0.2) is 47.3 Å². The number of nitrogens with zero attached hydrogens (tertiary/aromatic N) is 2. The molecule has 0 aliphatic carbocycles. The highest BCUT2D eigenvalue weighted by Crippen LogP contribution is 2.46. The molecule has 208 valence electrons. The minimum absolute atomic E-state index is 0.0510. The highest BCUT2D eigenvalue weighted by Gasteiger charge is 2.35. The van der Waals surface area contributed by atoms with E-state index in [1.807, 2.05) is 0 Å². The number of fused-ring (bicyclic) bond motifs is 1. The van der Waals surface area contributed by atoms with Crippen LogP contribution in [0.5, 0.6) is 5.75 Å². The highest BCUT2D eigenvalue weighted by atomic mass is 32.3. The first-order valence-electron chi connectivity index (χ1n) is 11.6. The molecule has 14 heteroatoms. The summed E-state index contributed by atoms with van der Waals surface area (Å²) in [6, 6.07) is 9.30. The Bertz CT molecular complexity index is 1390. The monoisotopic (exact) mass is 563 g/mol. The Morgan fingerprint density at radius 1 is 1.13 bits per heavy atom. The molecular formula is C24H26F5N3O5S. The zero-order chi connectivity index (χ0) is 27.9. The number of aromatic nitrogens is 2. The minimum Gasteiger partial charge on any atom is -0.435 e. The molecule has 38 heavy (non-hydrogen) atoms. The van der Waals surface area contributed by atoms with Gasteiger partial charge in [0.05, 0.1) is 23.1 Å². The van der Waals surface area contributed by atoms with Crippen LogP contribution in [0.2, 0.25) is 0 Å². The lowest BCUT2D eigenvalue weighted by atomic mass is 9.94. The van der Waals surface area contributed by atoms with Gasteiger partial charge in [0, 0.05) is 35.2 Å². The van der Waals surface area contributed by atoms with Crippen LogP contribution >= 0.6 is 10.6 Å². The molecule has 1 aliphatic rings. The summed E-state index contributed by atoms with van der Waals surface area (Å²) >= 11 is 0. The van der Waals surface area contributed by atoms with Crippen molar-refractivity contribution < 1.29 is 40.6 Å². The van der Waals surface area contributed by atoms with E-state index in [0.29, 0.717) is 12.8 Å². The number of hydrogen-bond donors (Lipinski definition) is 3. The first kappa shape index (κ1) is 27.9. The molecule has 4 rings (SSSR count). The second-order valence-corrected chi connectivity index (χ2v) is 11.9. The summed E-state index contributed by atoms with van der Waals surface area (Å²) in [7, 11) is -2.68. The number of imidazole rings is 1. The maximum Gasteiger partial charge on any atom is 0.390 e. The Balaban J connectivity index is 1.74. The number of amides is 1. The molecular weight excluding hydrogens is 537 g/mol. The van der Waals surface area contributed by atoms with Gasteiger partial charge in [-0.05, 0) is 50.1 Å². The van der Waals surface area contributed by atoms with Crippen molar-refractivity contribution in [2.75, 3.05) is 11.5 Å². The second kappa shape index (κ2) is 10.2. The molecule has 2 aromatic carbocycles. The number of halogens is 5. The maximum atomic E-state index is 13.3. The summed E-state index contributed by atoms with van der Waals surface area (Å²) in [5.74, 6) is -0.509. The molecule has 0 spiro atoms. The second-order valence-electron chi connectivity index (χ2n) is 9.44. The van der Waals surface area contributed by atoms with Crippen LogP contribution in [0, 0.1) is 0 Å². The number of aryl methyl sites for hydroxylation is 1. The third-order valence-corrected chi connectivity index (χ3v) is 8.20. The normalized spacial score (nSPS) is 17.9. The molecule has 1 amide bonds. The fourth-order valence-corrected chi connectivity index (χ4v) is 6.13. The molecule has 0 bridgehead atoms. The van der Waals surface area contributed by atoms with Crippen LogP contribution in [-0.4, -0.2) is 54.0 Å². The summed E-state index contributed by atoms with van der Waals surface area (Å²) in [5.41, 5.74) is -1.17. The lowest BCUT2D eigenvalue weighted by molar-refractivity contribution is -0.136. The van der Waals surface area contributed by atoms with Gasteiger partial charge < -0.3 is 10.1 Å². The maximum absolute atomic E-state index is 13.3. The van der Waals surface area contributed by atoms with Crippen LogP contribution in [-0.2, 0) is 6.54 Å².